The fourth-order valence-electron chi connectivity index (χ4n) is 1.62. The topological polar surface area (TPSA) is 62.7 Å². The van der Waals surface area contributed by atoms with Crippen molar-refractivity contribution in [3.8, 4) is 5.75 Å². The second-order valence-electron chi connectivity index (χ2n) is 4.34. The quantitative estimate of drug-likeness (QED) is 0.637. The third-order valence-corrected chi connectivity index (χ3v) is 3.58. The number of hydrogen-bond acceptors (Lipinski definition) is 5. The first kappa shape index (κ1) is 15.1. The van der Waals surface area contributed by atoms with E-state index in [1.54, 1.807) is 31.6 Å². The van der Waals surface area contributed by atoms with Crippen molar-refractivity contribution >= 4 is 29.1 Å². The molecule has 1 amide bonds. The summed E-state index contributed by atoms with van der Waals surface area (Å²) >= 11 is 1.56. The molecule has 2 aromatic rings. The van der Waals surface area contributed by atoms with Crippen LogP contribution in [0.1, 0.15) is 11.8 Å². The molecule has 2 rings (SSSR count). The number of benzene rings is 1. The number of carbonyl (C=O) groups excluding carboxylic acids is 1. The van der Waals surface area contributed by atoms with Gasteiger partial charge in [0.15, 0.2) is 0 Å². The van der Waals surface area contributed by atoms with E-state index in [1.165, 1.54) is 0 Å². The van der Waals surface area contributed by atoms with Gasteiger partial charge in [-0.05, 0) is 42.6 Å². The van der Waals surface area contributed by atoms with Gasteiger partial charge in [-0.15, -0.1) is 11.3 Å². The zero-order chi connectivity index (χ0) is 15.1. The summed E-state index contributed by atoms with van der Waals surface area (Å²) in [6.45, 7) is 1.78. The normalized spacial score (nSPS) is 12.1. The largest absolute Gasteiger partial charge is 0.497 e. The number of amides is 1. The van der Waals surface area contributed by atoms with Crippen molar-refractivity contribution in [1.29, 1.82) is 0 Å². The van der Waals surface area contributed by atoms with Crippen molar-refractivity contribution in [3.63, 3.8) is 0 Å². The van der Waals surface area contributed by atoms with E-state index in [0.717, 1.165) is 16.3 Å². The van der Waals surface area contributed by atoms with Crippen molar-refractivity contribution in [2.75, 3.05) is 12.4 Å². The number of carbonyl (C=O) groups is 1. The minimum absolute atomic E-state index is 0.196. The van der Waals surface area contributed by atoms with Gasteiger partial charge in [0.05, 0.1) is 13.3 Å². The number of thiophene rings is 1. The fraction of sp³-hybridized carbons (Fsp3) is 0.200. The Morgan fingerprint density at radius 2 is 2.10 bits per heavy atom. The van der Waals surface area contributed by atoms with E-state index in [9.17, 15) is 4.79 Å². The average Bonchev–Trinajstić information content (AvgIpc) is 3.01. The molecule has 1 atom stereocenters. The van der Waals surface area contributed by atoms with Crippen LogP contribution in [0.3, 0.4) is 0 Å². The number of anilines is 1. The van der Waals surface area contributed by atoms with Crippen molar-refractivity contribution in [2.45, 2.75) is 13.0 Å². The lowest BCUT2D eigenvalue weighted by Crippen LogP contribution is -2.34. The fourth-order valence-corrected chi connectivity index (χ4v) is 2.21. The van der Waals surface area contributed by atoms with E-state index >= 15 is 0 Å². The maximum atomic E-state index is 11.9. The zero-order valence-electron chi connectivity index (χ0n) is 11.9. The number of methoxy groups -OCH3 is 1. The molecular formula is C15H17N3O2S. The Balaban J connectivity index is 1.84. The summed E-state index contributed by atoms with van der Waals surface area (Å²) in [5, 5.41) is 8.98. The number of nitrogens with one attached hydrogen (secondary N) is 2. The van der Waals surface area contributed by atoms with Gasteiger partial charge in [-0.25, -0.2) is 5.43 Å². The molecule has 21 heavy (non-hydrogen) atoms. The Hall–Kier alpha value is -2.34. The Kier molecular flexibility index (Phi) is 5.34. The van der Waals surface area contributed by atoms with Crippen molar-refractivity contribution in [1.82, 2.24) is 5.43 Å². The van der Waals surface area contributed by atoms with E-state index in [0.29, 0.717) is 0 Å². The molecule has 0 saturated carbocycles. The molecule has 2 N–H and O–H groups in total. The lowest BCUT2D eigenvalue weighted by atomic mass is 10.2. The van der Waals surface area contributed by atoms with Gasteiger partial charge in [-0.3, -0.25) is 4.79 Å². The second kappa shape index (κ2) is 7.44. The Labute approximate surface area is 127 Å². The molecule has 1 unspecified atom stereocenters. The number of hydrogen-bond donors (Lipinski definition) is 2. The first-order valence-electron chi connectivity index (χ1n) is 6.46. The average molecular weight is 303 g/mol. The standard InChI is InChI=1S/C15H17N3O2S/c1-11(17-12-5-7-13(20-2)8-6-12)15(19)18-16-10-14-4-3-9-21-14/h3-11,17H,1-2H3,(H,18,19). The number of hydrazone groups is 1. The highest BCUT2D eigenvalue weighted by Crippen LogP contribution is 2.15. The Morgan fingerprint density at radius 3 is 2.71 bits per heavy atom. The Morgan fingerprint density at radius 1 is 1.33 bits per heavy atom. The Bertz CT molecular complexity index is 594. The van der Waals surface area contributed by atoms with Gasteiger partial charge in [-0.1, -0.05) is 6.07 Å². The van der Waals surface area contributed by atoms with Crippen molar-refractivity contribution in [3.05, 3.63) is 46.7 Å². The highest BCUT2D eigenvalue weighted by atomic mass is 32.1. The van der Waals surface area contributed by atoms with E-state index in [2.05, 4.69) is 15.8 Å². The van der Waals surface area contributed by atoms with Gasteiger partial charge >= 0.3 is 0 Å². The van der Waals surface area contributed by atoms with Gasteiger partial charge < -0.3 is 10.1 Å². The molecule has 0 aliphatic rings. The highest BCUT2D eigenvalue weighted by Gasteiger charge is 2.11. The summed E-state index contributed by atoms with van der Waals surface area (Å²) in [5.41, 5.74) is 3.36. The lowest BCUT2D eigenvalue weighted by Gasteiger charge is -2.13. The molecule has 110 valence electrons. The monoisotopic (exact) mass is 303 g/mol. The smallest absolute Gasteiger partial charge is 0.262 e. The van der Waals surface area contributed by atoms with E-state index in [1.807, 2.05) is 41.8 Å². The molecule has 0 fully saturated rings. The lowest BCUT2D eigenvalue weighted by molar-refractivity contribution is -0.121. The molecule has 0 aliphatic heterocycles. The summed E-state index contributed by atoms with van der Waals surface area (Å²) in [5.74, 6) is 0.580. The third kappa shape index (κ3) is 4.61. The SMILES string of the molecule is COc1ccc(NC(C)C(=O)NN=Cc2cccs2)cc1. The number of rotatable bonds is 6. The van der Waals surface area contributed by atoms with Crippen LogP contribution in [0, 0.1) is 0 Å². The number of nitrogens with zero attached hydrogens (tertiary/aromatic N) is 1. The van der Waals surface area contributed by atoms with Crippen LogP contribution < -0.4 is 15.5 Å². The van der Waals surface area contributed by atoms with Gasteiger partial charge in [0, 0.05) is 10.6 Å². The summed E-state index contributed by atoms with van der Waals surface area (Å²) in [4.78, 5) is 12.9. The molecule has 0 radical (unpaired) electrons. The molecule has 6 heteroatoms. The van der Waals surface area contributed by atoms with Crippen molar-refractivity contribution < 1.29 is 9.53 Å². The molecule has 1 aromatic carbocycles. The third-order valence-electron chi connectivity index (χ3n) is 2.78. The first-order valence-corrected chi connectivity index (χ1v) is 7.34. The molecular weight excluding hydrogens is 286 g/mol. The zero-order valence-corrected chi connectivity index (χ0v) is 12.7. The molecule has 0 aliphatic carbocycles. The minimum Gasteiger partial charge on any atom is -0.497 e. The predicted molar refractivity (Wildman–Crippen MR) is 86.1 cm³/mol. The molecule has 0 spiro atoms. The van der Waals surface area contributed by atoms with Crippen LogP contribution >= 0.6 is 11.3 Å². The summed E-state index contributed by atoms with van der Waals surface area (Å²) in [6.07, 6.45) is 1.63. The first-order chi connectivity index (χ1) is 10.2. The maximum Gasteiger partial charge on any atom is 0.262 e. The highest BCUT2D eigenvalue weighted by molar-refractivity contribution is 7.11. The summed E-state index contributed by atoms with van der Waals surface area (Å²) in [6, 6.07) is 10.9. The molecule has 1 heterocycles. The molecule has 1 aromatic heterocycles. The van der Waals surface area contributed by atoms with E-state index in [-0.39, 0.29) is 11.9 Å². The van der Waals surface area contributed by atoms with Crippen LogP contribution in [0.2, 0.25) is 0 Å². The van der Waals surface area contributed by atoms with Crippen LogP contribution in [0.15, 0.2) is 46.9 Å². The number of ether oxygens (including phenoxy) is 1. The summed E-state index contributed by atoms with van der Waals surface area (Å²) < 4.78 is 5.08. The molecule has 5 nitrogen and oxygen atoms in total. The minimum atomic E-state index is -0.390. The van der Waals surface area contributed by atoms with Gasteiger partial charge in [-0.2, -0.15) is 5.10 Å². The van der Waals surface area contributed by atoms with E-state index in [4.69, 9.17) is 4.74 Å². The van der Waals surface area contributed by atoms with Crippen LogP contribution in [0.25, 0.3) is 0 Å². The van der Waals surface area contributed by atoms with Crippen LogP contribution in [-0.4, -0.2) is 25.3 Å². The molecule has 0 saturated heterocycles. The van der Waals surface area contributed by atoms with Gasteiger partial charge in [0.2, 0.25) is 0 Å². The summed E-state index contributed by atoms with van der Waals surface area (Å²) in [7, 11) is 1.62. The van der Waals surface area contributed by atoms with Crippen LogP contribution in [0.4, 0.5) is 5.69 Å². The van der Waals surface area contributed by atoms with Gasteiger partial charge in [0.25, 0.3) is 5.91 Å². The van der Waals surface area contributed by atoms with Crippen molar-refractivity contribution in [2.24, 2.45) is 5.10 Å². The van der Waals surface area contributed by atoms with Crippen LogP contribution in [0.5, 0.6) is 5.75 Å². The van der Waals surface area contributed by atoms with Gasteiger partial charge in [0.1, 0.15) is 11.8 Å². The second-order valence-corrected chi connectivity index (χ2v) is 5.32. The van der Waals surface area contributed by atoms with E-state index < -0.39 is 0 Å². The van der Waals surface area contributed by atoms with Crippen LogP contribution in [-0.2, 0) is 4.79 Å². The molecule has 0 bridgehead atoms. The predicted octanol–water partition coefficient (Wildman–Crippen LogP) is 2.71. The maximum absolute atomic E-state index is 11.9.